The molecule has 0 aromatic heterocycles. The van der Waals surface area contributed by atoms with E-state index in [1.165, 1.54) is 96.3 Å². The van der Waals surface area contributed by atoms with Crippen LogP contribution in [0.5, 0.6) is 0 Å². The molecule has 0 aromatic rings. The van der Waals surface area contributed by atoms with Crippen LogP contribution in [0.2, 0.25) is 0 Å². The average molecular weight is 531 g/mol. The summed E-state index contributed by atoms with van der Waals surface area (Å²) in [6, 6.07) is 0. The molecule has 1 nitrogen and oxygen atoms in total. The molecular formula is C38H58O. The van der Waals surface area contributed by atoms with Gasteiger partial charge in [-0.25, -0.2) is 0 Å². The standard InChI is InChI=1S/C38H58O/c1-7-31-13-14-32-10-8-9-30-24-38(22-21-35(3,4)26-39-38)20-17-33(30)27(2)34(25-37(31,32)6)29-15-18-36(5,19-16-29)23-28-11-12-28/h15-16,18,23,30-32,34H,7-14,17,19-22,24-26H2,1-6H3/b33-27+. The molecule has 0 N–H and O–H groups in total. The quantitative estimate of drug-likeness (QED) is 0.330. The third-order valence-corrected chi connectivity index (χ3v) is 12.9. The Bertz CT molecular complexity index is 1050. The van der Waals surface area contributed by atoms with E-state index in [1.54, 1.807) is 16.7 Å². The molecule has 4 fully saturated rings. The summed E-state index contributed by atoms with van der Waals surface area (Å²) in [5.41, 5.74) is 8.13. The number of hydrogen-bond donors (Lipinski definition) is 0. The van der Waals surface area contributed by atoms with Gasteiger partial charge in [0.15, 0.2) is 0 Å². The first-order chi connectivity index (χ1) is 18.5. The van der Waals surface area contributed by atoms with Gasteiger partial charge in [-0.3, -0.25) is 0 Å². The zero-order valence-corrected chi connectivity index (χ0v) is 26.3. The van der Waals surface area contributed by atoms with Gasteiger partial charge < -0.3 is 4.74 Å². The second kappa shape index (κ2) is 10.3. The lowest BCUT2D eigenvalue weighted by Gasteiger charge is -2.50. The van der Waals surface area contributed by atoms with Gasteiger partial charge in [0.1, 0.15) is 0 Å². The lowest BCUT2D eigenvalue weighted by atomic mass is 9.60. The highest BCUT2D eigenvalue weighted by Gasteiger charge is 2.49. The molecule has 0 radical (unpaired) electrons. The van der Waals surface area contributed by atoms with Gasteiger partial charge in [-0.2, -0.15) is 0 Å². The molecule has 1 aliphatic heterocycles. The first kappa shape index (κ1) is 28.1. The van der Waals surface area contributed by atoms with E-state index in [-0.39, 0.29) is 11.0 Å². The maximum absolute atomic E-state index is 6.80. The molecule has 1 heteroatoms. The molecule has 3 saturated carbocycles. The van der Waals surface area contributed by atoms with Crippen LogP contribution in [0.25, 0.3) is 0 Å². The molecule has 6 rings (SSSR count). The Hall–Kier alpha value is -1.08. The van der Waals surface area contributed by atoms with Crippen molar-refractivity contribution in [1.82, 2.24) is 0 Å². The van der Waals surface area contributed by atoms with Crippen LogP contribution in [0.15, 0.2) is 46.6 Å². The summed E-state index contributed by atoms with van der Waals surface area (Å²) >= 11 is 0. The van der Waals surface area contributed by atoms with Gasteiger partial charge in [-0.15, -0.1) is 0 Å². The van der Waals surface area contributed by atoms with Gasteiger partial charge in [0.2, 0.25) is 0 Å². The van der Waals surface area contributed by atoms with Crippen LogP contribution < -0.4 is 0 Å². The molecule has 1 heterocycles. The third-order valence-electron chi connectivity index (χ3n) is 12.9. The topological polar surface area (TPSA) is 9.23 Å². The van der Waals surface area contributed by atoms with E-state index in [0.29, 0.717) is 16.7 Å². The van der Waals surface area contributed by atoms with Gasteiger partial charge in [0, 0.05) is 11.3 Å². The van der Waals surface area contributed by atoms with Crippen molar-refractivity contribution in [3.8, 4) is 0 Å². The maximum Gasteiger partial charge on any atom is 0.0691 e. The van der Waals surface area contributed by atoms with Crippen LogP contribution in [-0.4, -0.2) is 12.2 Å². The predicted octanol–water partition coefficient (Wildman–Crippen LogP) is 10.9. The Morgan fingerprint density at radius 2 is 1.77 bits per heavy atom. The number of fused-ring (bicyclic) bond motifs is 2. The van der Waals surface area contributed by atoms with Gasteiger partial charge >= 0.3 is 0 Å². The third kappa shape index (κ3) is 5.57. The van der Waals surface area contributed by atoms with Gasteiger partial charge in [-0.1, -0.05) is 88.5 Å². The monoisotopic (exact) mass is 530 g/mol. The fourth-order valence-corrected chi connectivity index (χ4v) is 9.93. The first-order valence-corrected chi connectivity index (χ1v) is 17.0. The Morgan fingerprint density at radius 1 is 0.949 bits per heavy atom. The molecule has 0 bridgehead atoms. The van der Waals surface area contributed by atoms with Crippen molar-refractivity contribution in [1.29, 1.82) is 0 Å². The van der Waals surface area contributed by atoms with Crippen molar-refractivity contribution in [2.75, 3.05) is 6.61 Å². The predicted molar refractivity (Wildman–Crippen MR) is 166 cm³/mol. The average Bonchev–Trinajstić information content (AvgIpc) is 3.66. The van der Waals surface area contributed by atoms with Crippen molar-refractivity contribution in [2.45, 2.75) is 143 Å². The van der Waals surface area contributed by atoms with Crippen molar-refractivity contribution in [3.05, 3.63) is 46.6 Å². The van der Waals surface area contributed by atoms with Gasteiger partial charge in [0.25, 0.3) is 0 Å². The number of ether oxygens (including phenoxy) is 1. The Balaban J connectivity index is 1.33. The SMILES string of the molecule is CCC1CCC2CCCC3CC4(CC/C3=C(/C)C(C3=CCC(C)(C=C5CC5)C=C3)CC12C)CCC(C)(C)CO4. The van der Waals surface area contributed by atoms with Crippen LogP contribution in [0, 0.1) is 39.9 Å². The van der Waals surface area contributed by atoms with E-state index >= 15 is 0 Å². The summed E-state index contributed by atoms with van der Waals surface area (Å²) in [4.78, 5) is 0. The van der Waals surface area contributed by atoms with Crippen LogP contribution in [-0.2, 0) is 4.74 Å². The molecule has 216 valence electrons. The van der Waals surface area contributed by atoms with Crippen LogP contribution in [0.1, 0.15) is 138 Å². The molecule has 0 amide bonds. The van der Waals surface area contributed by atoms with Gasteiger partial charge in [-0.05, 0) is 125 Å². The minimum Gasteiger partial charge on any atom is -0.374 e. The fraction of sp³-hybridized carbons (Fsp3) is 0.789. The molecule has 7 atom stereocenters. The Morgan fingerprint density at radius 3 is 2.44 bits per heavy atom. The van der Waals surface area contributed by atoms with Crippen LogP contribution in [0.4, 0.5) is 0 Å². The summed E-state index contributed by atoms with van der Waals surface area (Å²) in [7, 11) is 0. The first-order valence-electron chi connectivity index (χ1n) is 17.0. The number of hydrogen-bond acceptors (Lipinski definition) is 1. The van der Waals surface area contributed by atoms with Crippen molar-refractivity contribution >= 4 is 0 Å². The summed E-state index contributed by atoms with van der Waals surface area (Å²) in [6.07, 6.45) is 30.5. The Labute approximate surface area is 241 Å². The second-order valence-electron chi connectivity index (χ2n) is 16.4. The molecule has 6 aliphatic rings. The molecule has 0 aromatic carbocycles. The number of allylic oxidation sites excluding steroid dienone is 8. The van der Waals surface area contributed by atoms with Crippen molar-refractivity contribution in [2.24, 2.45) is 39.9 Å². The molecular weight excluding hydrogens is 472 g/mol. The van der Waals surface area contributed by atoms with E-state index in [0.717, 1.165) is 24.4 Å². The highest BCUT2D eigenvalue weighted by atomic mass is 16.5. The highest BCUT2D eigenvalue weighted by molar-refractivity contribution is 5.39. The molecule has 1 spiro atoms. The lowest BCUT2D eigenvalue weighted by Crippen LogP contribution is -2.46. The van der Waals surface area contributed by atoms with E-state index in [9.17, 15) is 0 Å². The summed E-state index contributed by atoms with van der Waals surface area (Å²) < 4.78 is 6.80. The summed E-state index contributed by atoms with van der Waals surface area (Å²) in [6.45, 7) is 15.9. The summed E-state index contributed by atoms with van der Waals surface area (Å²) in [5, 5.41) is 0. The fourth-order valence-electron chi connectivity index (χ4n) is 9.93. The zero-order chi connectivity index (χ0) is 27.5. The second-order valence-corrected chi connectivity index (χ2v) is 16.4. The van der Waals surface area contributed by atoms with Crippen LogP contribution in [0.3, 0.4) is 0 Å². The van der Waals surface area contributed by atoms with E-state index < -0.39 is 0 Å². The largest absolute Gasteiger partial charge is 0.374 e. The van der Waals surface area contributed by atoms with E-state index in [4.69, 9.17) is 4.74 Å². The maximum atomic E-state index is 6.80. The zero-order valence-electron chi connectivity index (χ0n) is 26.3. The minimum absolute atomic E-state index is 0.154. The minimum atomic E-state index is 0.154. The van der Waals surface area contributed by atoms with Crippen LogP contribution >= 0.6 is 0 Å². The van der Waals surface area contributed by atoms with Crippen molar-refractivity contribution < 1.29 is 4.74 Å². The highest BCUT2D eigenvalue weighted by Crippen LogP contribution is 2.58. The molecule has 1 saturated heterocycles. The Kier molecular flexibility index (Phi) is 7.43. The smallest absolute Gasteiger partial charge is 0.0691 e. The lowest BCUT2D eigenvalue weighted by molar-refractivity contribution is -0.143. The van der Waals surface area contributed by atoms with Crippen molar-refractivity contribution in [3.63, 3.8) is 0 Å². The van der Waals surface area contributed by atoms with E-state index in [2.05, 4.69) is 65.8 Å². The summed E-state index contributed by atoms with van der Waals surface area (Å²) in [5.74, 6) is 3.12. The number of rotatable bonds is 3. The molecule has 5 aliphatic carbocycles. The van der Waals surface area contributed by atoms with E-state index in [1.807, 2.05) is 5.57 Å². The normalized spacial score (nSPS) is 45.9. The molecule has 39 heavy (non-hydrogen) atoms. The molecule has 7 unspecified atom stereocenters. The van der Waals surface area contributed by atoms with Gasteiger partial charge in [0.05, 0.1) is 12.2 Å².